The third-order valence-corrected chi connectivity index (χ3v) is 7.27. The Bertz CT molecular complexity index is 1800. The van der Waals surface area contributed by atoms with E-state index in [1.54, 1.807) is 24.7 Å². The molecule has 0 spiro atoms. The number of pyridine rings is 2. The number of fused-ring (bicyclic) bond motifs is 2. The average molecular weight is 476 g/mol. The molecule has 2 heterocycles. The SMILES string of the molecule is C=C(O)c1ncc(C#Cc2ccccc2N=S(C)(=O)c2cccc3cccnc23)c2ccccc12. The molecule has 170 valence electrons. The van der Waals surface area contributed by atoms with Gasteiger partial charge >= 0.3 is 0 Å². The monoisotopic (exact) mass is 475 g/mol. The number of nitrogens with zero attached hydrogens (tertiary/aromatic N) is 3. The molecule has 0 saturated heterocycles. The third-order valence-electron chi connectivity index (χ3n) is 5.58. The highest BCUT2D eigenvalue weighted by Crippen LogP contribution is 2.28. The standard InChI is InChI=1S/C29H21N3O2S/c1-20(33)28-25-13-5-4-12-24(25)23(19-31-28)17-16-21-9-3-6-14-26(21)32-35(2,34)27-15-7-10-22-11-8-18-30-29(22)27/h3-15,18-19,33H,1H2,2H3. The maximum Gasteiger partial charge on any atom is 0.134 e. The molecule has 6 heteroatoms. The van der Waals surface area contributed by atoms with Crippen LogP contribution in [0, 0.1) is 11.8 Å². The zero-order valence-corrected chi connectivity index (χ0v) is 19.8. The molecule has 5 rings (SSSR count). The Morgan fingerprint density at radius 1 is 0.886 bits per heavy atom. The summed E-state index contributed by atoms with van der Waals surface area (Å²) >= 11 is 0. The minimum Gasteiger partial charge on any atom is -0.506 e. The summed E-state index contributed by atoms with van der Waals surface area (Å²) in [6, 6.07) is 24.4. The van der Waals surface area contributed by atoms with Gasteiger partial charge in [-0.1, -0.05) is 73.0 Å². The molecule has 0 fully saturated rings. The summed E-state index contributed by atoms with van der Waals surface area (Å²) in [5.74, 6) is 6.26. The van der Waals surface area contributed by atoms with Crippen molar-refractivity contribution in [2.24, 2.45) is 4.36 Å². The molecule has 3 aromatic carbocycles. The van der Waals surface area contributed by atoms with Gasteiger partial charge in [-0.2, -0.15) is 4.36 Å². The fourth-order valence-corrected chi connectivity index (χ4v) is 5.43. The van der Waals surface area contributed by atoms with Crippen LogP contribution < -0.4 is 0 Å². The Kier molecular flexibility index (Phi) is 5.77. The number of para-hydroxylation sites is 1. The third kappa shape index (κ3) is 4.37. The molecule has 0 bridgehead atoms. The summed E-state index contributed by atoms with van der Waals surface area (Å²) in [6.45, 7) is 3.60. The highest BCUT2D eigenvalue weighted by molar-refractivity contribution is 7.93. The van der Waals surface area contributed by atoms with E-state index in [4.69, 9.17) is 0 Å². The molecule has 1 atom stereocenters. The van der Waals surface area contributed by atoms with E-state index < -0.39 is 9.73 Å². The van der Waals surface area contributed by atoms with Crippen molar-refractivity contribution in [3.8, 4) is 11.8 Å². The highest BCUT2D eigenvalue weighted by Gasteiger charge is 2.13. The van der Waals surface area contributed by atoms with Crippen LogP contribution in [-0.4, -0.2) is 25.5 Å². The van der Waals surface area contributed by atoms with Gasteiger partial charge in [0.15, 0.2) is 0 Å². The minimum absolute atomic E-state index is 0.0921. The van der Waals surface area contributed by atoms with Gasteiger partial charge in [0.25, 0.3) is 0 Å². The first-order valence-corrected chi connectivity index (χ1v) is 12.8. The minimum atomic E-state index is -2.80. The Morgan fingerprint density at radius 2 is 1.60 bits per heavy atom. The van der Waals surface area contributed by atoms with Gasteiger partial charge in [-0.15, -0.1) is 0 Å². The predicted octanol–water partition coefficient (Wildman–Crippen LogP) is 6.50. The van der Waals surface area contributed by atoms with Crippen molar-refractivity contribution in [1.29, 1.82) is 0 Å². The smallest absolute Gasteiger partial charge is 0.134 e. The lowest BCUT2D eigenvalue weighted by Crippen LogP contribution is -1.99. The summed E-state index contributed by atoms with van der Waals surface area (Å²) in [5.41, 5.74) is 3.00. The summed E-state index contributed by atoms with van der Waals surface area (Å²) < 4.78 is 18.4. The molecule has 5 aromatic rings. The Balaban J connectivity index is 1.62. The first-order valence-electron chi connectivity index (χ1n) is 10.9. The first kappa shape index (κ1) is 22.3. The molecule has 0 radical (unpaired) electrons. The van der Waals surface area contributed by atoms with Gasteiger partial charge in [0.05, 0.1) is 37.0 Å². The number of aliphatic hydroxyl groups excluding tert-OH is 1. The van der Waals surface area contributed by atoms with Crippen molar-refractivity contribution >= 4 is 42.9 Å². The molecule has 0 aliphatic carbocycles. The predicted molar refractivity (Wildman–Crippen MR) is 142 cm³/mol. The Morgan fingerprint density at radius 3 is 2.43 bits per heavy atom. The topological polar surface area (TPSA) is 75.4 Å². The van der Waals surface area contributed by atoms with Crippen LogP contribution in [0.3, 0.4) is 0 Å². The van der Waals surface area contributed by atoms with Gasteiger partial charge in [-0.3, -0.25) is 9.97 Å². The maximum absolute atomic E-state index is 13.8. The fraction of sp³-hybridized carbons (Fsp3) is 0.0345. The normalized spacial score (nSPS) is 12.5. The summed E-state index contributed by atoms with van der Waals surface area (Å²) in [6.07, 6.45) is 4.94. The zero-order valence-electron chi connectivity index (χ0n) is 19.0. The summed E-state index contributed by atoms with van der Waals surface area (Å²) in [7, 11) is -2.80. The molecule has 0 saturated carbocycles. The van der Waals surface area contributed by atoms with Crippen LogP contribution >= 0.6 is 0 Å². The number of hydrogen-bond acceptors (Lipinski definition) is 5. The van der Waals surface area contributed by atoms with Crippen LogP contribution in [0.4, 0.5) is 5.69 Å². The molecule has 0 amide bonds. The largest absolute Gasteiger partial charge is 0.506 e. The van der Waals surface area contributed by atoms with Gasteiger partial charge in [-0.05, 0) is 24.3 Å². The van der Waals surface area contributed by atoms with E-state index in [2.05, 4.69) is 32.8 Å². The van der Waals surface area contributed by atoms with Crippen LogP contribution in [0.5, 0.6) is 0 Å². The molecule has 2 aromatic heterocycles. The number of rotatable bonds is 3. The van der Waals surface area contributed by atoms with Gasteiger partial charge in [0.2, 0.25) is 0 Å². The van der Waals surface area contributed by atoms with Crippen molar-refractivity contribution in [3.63, 3.8) is 0 Å². The van der Waals surface area contributed by atoms with Crippen molar-refractivity contribution in [2.75, 3.05) is 6.26 Å². The number of benzene rings is 3. The van der Waals surface area contributed by atoms with Gasteiger partial charge in [0.1, 0.15) is 11.5 Å². The second-order valence-electron chi connectivity index (χ2n) is 8.00. The summed E-state index contributed by atoms with van der Waals surface area (Å²) in [4.78, 5) is 9.37. The lowest BCUT2D eigenvalue weighted by atomic mass is 10.0. The van der Waals surface area contributed by atoms with E-state index >= 15 is 0 Å². The molecular formula is C29H21N3O2S. The van der Waals surface area contributed by atoms with Crippen LogP contribution in [0.2, 0.25) is 0 Å². The van der Waals surface area contributed by atoms with E-state index in [0.29, 0.717) is 32.9 Å². The summed E-state index contributed by atoms with van der Waals surface area (Å²) in [5, 5.41) is 12.4. The first-order chi connectivity index (χ1) is 16.9. The van der Waals surface area contributed by atoms with Gasteiger partial charge in [-0.25, -0.2) is 4.21 Å². The second kappa shape index (κ2) is 9.05. The van der Waals surface area contributed by atoms with Crippen molar-refractivity contribution in [2.45, 2.75) is 4.90 Å². The molecule has 0 aliphatic heterocycles. The molecule has 5 nitrogen and oxygen atoms in total. The van der Waals surface area contributed by atoms with E-state index in [-0.39, 0.29) is 5.76 Å². The number of hydrogen-bond donors (Lipinski definition) is 1. The number of aliphatic hydroxyl groups is 1. The van der Waals surface area contributed by atoms with E-state index in [1.165, 1.54) is 0 Å². The van der Waals surface area contributed by atoms with E-state index in [0.717, 1.165) is 16.2 Å². The lowest BCUT2D eigenvalue weighted by Gasteiger charge is -2.09. The van der Waals surface area contributed by atoms with Crippen LogP contribution in [0.25, 0.3) is 27.4 Å². The molecular weight excluding hydrogens is 454 g/mol. The van der Waals surface area contributed by atoms with Crippen LogP contribution in [0.15, 0.2) is 107 Å². The van der Waals surface area contributed by atoms with E-state index in [1.807, 2.05) is 72.8 Å². The van der Waals surface area contributed by atoms with E-state index in [9.17, 15) is 9.32 Å². The Hall–Kier alpha value is -4.47. The number of aromatic nitrogens is 2. The average Bonchev–Trinajstić information content (AvgIpc) is 2.87. The second-order valence-corrected chi connectivity index (χ2v) is 10.2. The van der Waals surface area contributed by atoms with Gasteiger partial charge < -0.3 is 5.11 Å². The molecule has 1 unspecified atom stereocenters. The maximum atomic E-state index is 13.8. The lowest BCUT2D eigenvalue weighted by molar-refractivity contribution is 0.511. The van der Waals surface area contributed by atoms with Crippen molar-refractivity contribution in [1.82, 2.24) is 9.97 Å². The van der Waals surface area contributed by atoms with Gasteiger partial charge in [0, 0.05) is 34.8 Å². The van der Waals surface area contributed by atoms with Crippen LogP contribution in [0.1, 0.15) is 16.8 Å². The molecule has 0 aliphatic rings. The highest BCUT2D eigenvalue weighted by atomic mass is 32.2. The molecule has 1 N–H and O–H groups in total. The van der Waals surface area contributed by atoms with Crippen molar-refractivity contribution < 1.29 is 9.32 Å². The Labute approximate surface area is 204 Å². The fourth-order valence-electron chi connectivity index (χ4n) is 3.93. The van der Waals surface area contributed by atoms with Crippen LogP contribution in [-0.2, 0) is 9.73 Å². The quantitative estimate of drug-likeness (QED) is 0.239. The molecule has 35 heavy (non-hydrogen) atoms. The zero-order chi connectivity index (χ0) is 24.4. The van der Waals surface area contributed by atoms with Crippen molar-refractivity contribution in [3.05, 3.63) is 115 Å².